The van der Waals surface area contributed by atoms with E-state index in [-0.39, 0.29) is 0 Å². The molecule has 1 N–H and O–H groups in total. The van der Waals surface area contributed by atoms with Crippen LogP contribution in [0.25, 0.3) is 0 Å². The van der Waals surface area contributed by atoms with Gasteiger partial charge < -0.3 is 10.1 Å². The lowest BCUT2D eigenvalue weighted by Gasteiger charge is -2.31. The van der Waals surface area contributed by atoms with E-state index in [2.05, 4.69) is 24.0 Å². The Bertz CT molecular complexity index is 225. The molecule has 1 saturated heterocycles. The summed E-state index contributed by atoms with van der Waals surface area (Å²) in [6, 6.07) is 0.742. The summed E-state index contributed by atoms with van der Waals surface area (Å²) in [4.78, 5) is 0. The van der Waals surface area contributed by atoms with Crippen molar-refractivity contribution in [2.45, 2.75) is 70.4 Å². The van der Waals surface area contributed by atoms with Crippen molar-refractivity contribution in [2.24, 2.45) is 5.92 Å². The summed E-state index contributed by atoms with van der Waals surface area (Å²) in [6.07, 6.45) is 11.6. The van der Waals surface area contributed by atoms with E-state index in [1.807, 2.05) is 0 Å². The molecule has 112 valence electrons. The number of hydrogen-bond acceptors (Lipinski definition) is 3. The van der Waals surface area contributed by atoms with E-state index in [1.54, 1.807) is 0 Å². The van der Waals surface area contributed by atoms with Gasteiger partial charge in [0.1, 0.15) is 0 Å². The normalized spacial score (nSPS) is 26.7. The smallest absolute Gasteiger partial charge is 0.0666 e. The van der Waals surface area contributed by atoms with E-state index in [4.69, 9.17) is 4.74 Å². The minimum atomic E-state index is 0.545. The van der Waals surface area contributed by atoms with Gasteiger partial charge in [-0.2, -0.15) is 11.8 Å². The lowest BCUT2D eigenvalue weighted by Crippen LogP contribution is -2.40. The fraction of sp³-hybridized carbons (Fsp3) is 1.00. The Balaban J connectivity index is 1.69. The molecule has 0 aromatic heterocycles. The highest BCUT2D eigenvalue weighted by Gasteiger charge is 2.24. The zero-order chi connectivity index (χ0) is 13.3. The Hall–Kier alpha value is 0.270. The van der Waals surface area contributed by atoms with Crippen molar-refractivity contribution in [3.8, 4) is 0 Å². The number of hydrogen-bond donors (Lipinski definition) is 1. The van der Waals surface area contributed by atoms with Gasteiger partial charge in [-0.25, -0.2) is 0 Å². The minimum absolute atomic E-state index is 0.545. The molecule has 0 aromatic carbocycles. The van der Waals surface area contributed by atoms with Gasteiger partial charge >= 0.3 is 0 Å². The molecule has 2 nitrogen and oxygen atoms in total. The van der Waals surface area contributed by atoms with Crippen LogP contribution in [0.5, 0.6) is 0 Å². The molecule has 0 spiro atoms. The van der Waals surface area contributed by atoms with Gasteiger partial charge in [-0.1, -0.05) is 26.2 Å². The highest BCUT2D eigenvalue weighted by atomic mass is 32.2. The predicted octanol–water partition coefficient (Wildman–Crippen LogP) is 3.85. The van der Waals surface area contributed by atoms with Crippen molar-refractivity contribution in [3.63, 3.8) is 0 Å². The van der Waals surface area contributed by atoms with Crippen LogP contribution in [0.2, 0.25) is 0 Å². The number of nitrogens with one attached hydrogen (secondary N) is 1. The van der Waals surface area contributed by atoms with Crippen LogP contribution in [-0.4, -0.2) is 36.8 Å². The molecule has 2 unspecified atom stereocenters. The maximum absolute atomic E-state index is 5.72. The quantitative estimate of drug-likeness (QED) is 0.732. The summed E-state index contributed by atoms with van der Waals surface area (Å²) in [7, 11) is 0. The molecule has 0 bridgehead atoms. The fourth-order valence-electron chi connectivity index (χ4n) is 3.33. The van der Waals surface area contributed by atoms with Crippen molar-refractivity contribution in [3.05, 3.63) is 0 Å². The fourth-order valence-corrected chi connectivity index (χ4v) is 4.64. The van der Waals surface area contributed by atoms with Crippen LogP contribution in [0.3, 0.4) is 0 Å². The van der Waals surface area contributed by atoms with Crippen LogP contribution in [-0.2, 0) is 4.74 Å². The number of thioether (sulfide) groups is 1. The third-order valence-electron chi connectivity index (χ3n) is 4.50. The molecule has 0 radical (unpaired) electrons. The summed E-state index contributed by atoms with van der Waals surface area (Å²) < 4.78 is 5.72. The first-order valence-electron chi connectivity index (χ1n) is 8.33. The molecule has 2 fully saturated rings. The van der Waals surface area contributed by atoms with E-state index < -0.39 is 0 Å². The number of rotatable bonds is 8. The van der Waals surface area contributed by atoms with Crippen LogP contribution in [0, 0.1) is 5.92 Å². The molecule has 2 rings (SSSR count). The number of ether oxygens (including phenoxy) is 1. The molecule has 1 heterocycles. The zero-order valence-electron chi connectivity index (χ0n) is 12.5. The second-order valence-electron chi connectivity index (χ2n) is 6.13. The summed E-state index contributed by atoms with van der Waals surface area (Å²) in [6.45, 7) is 4.44. The van der Waals surface area contributed by atoms with Gasteiger partial charge in [0, 0.05) is 24.2 Å². The maximum atomic E-state index is 5.72. The van der Waals surface area contributed by atoms with Crippen molar-refractivity contribution in [2.75, 3.05) is 24.7 Å². The summed E-state index contributed by atoms with van der Waals surface area (Å²) >= 11 is 2.12. The van der Waals surface area contributed by atoms with Crippen molar-refractivity contribution >= 4 is 11.8 Å². The van der Waals surface area contributed by atoms with Gasteiger partial charge in [0.2, 0.25) is 0 Å². The van der Waals surface area contributed by atoms with E-state index >= 15 is 0 Å². The molecule has 1 saturated carbocycles. The molecule has 3 heteroatoms. The molecule has 2 aliphatic rings. The summed E-state index contributed by atoms with van der Waals surface area (Å²) in [5, 5.41) is 3.80. The molecule has 0 aromatic rings. The Kier molecular flexibility index (Phi) is 7.62. The average Bonchev–Trinajstić information content (AvgIpc) is 2.97. The lowest BCUT2D eigenvalue weighted by molar-refractivity contribution is 0.129. The molecular formula is C16H31NOS. The topological polar surface area (TPSA) is 21.3 Å². The van der Waals surface area contributed by atoms with E-state index in [0.29, 0.717) is 6.10 Å². The monoisotopic (exact) mass is 285 g/mol. The van der Waals surface area contributed by atoms with Gasteiger partial charge in [-0.05, 0) is 44.6 Å². The third kappa shape index (κ3) is 5.65. The average molecular weight is 285 g/mol. The van der Waals surface area contributed by atoms with E-state index in [1.165, 1.54) is 69.4 Å². The third-order valence-corrected chi connectivity index (χ3v) is 5.70. The first-order valence-corrected chi connectivity index (χ1v) is 9.48. The Morgan fingerprint density at radius 1 is 1.16 bits per heavy atom. The first-order chi connectivity index (χ1) is 9.40. The highest BCUT2D eigenvalue weighted by Crippen LogP contribution is 2.28. The highest BCUT2D eigenvalue weighted by molar-refractivity contribution is 7.99. The van der Waals surface area contributed by atoms with Gasteiger partial charge in [0.25, 0.3) is 0 Å². The maximum Gasteiger partial charge on any atom is 0.0666 e. The largest absolute Gasteiger partial charge is 0.377 e. The van der Waals surface area contributed by atoms with Crippen LogP contribution in [0.1, 0.15) is 58.3 Å². The second kappa shape index (κ2) is 9.25. The lowest BCUT2D eigenvalue weighted by atomic mass is 9.84. The summed E-state index contributed by atoms with van der Waals surface area (Å²) in [5.74, 6) is 3.42. The second-order valence-corrected chi connectivity index (χ2v) is 7.21. The van der Waals surface area contributed by atoms with Crippen molar-refractivity contribution in [1.29, 1.82) is 0 Å². The van der Waals surface area contributed by atoms with Gasteiger partial charge in [-0.3, -0.25) is 0 Å². The molecule has 1 aliphatic carbocycles. The SMILES string of the molecule is CCCNC(CSCC1CCCO1)C1CCCCC1. The Labute approximate surface area is 123 Å². The molecular weight excluding hydrogens is 254 g/mol. The standard InChI is InChI=1S/C16H31NOS/c1-2-10-17-16(14-7-4-3-5-8-14)13-19-12-15-9-6-11-18-15/h14-17H,2-13H2,1H3. The van der Waals surface area contributed by atoms with Crippen molar-refractivity contribution in [1.82, 2.24) is 5.32 Å². The zero-order valence-corrected chi connectivity index (χ0v) is 13.4. The van der Waals surface area contributed by atoms with Crippen LogP contribution < -0.4 is 5.32 Å². The van der Waals surface area contributed by atoms with Crippen LogP contribution >= 0.6 is 11.8 Å². The van der Waals surface area contributed by atoms with E-state index in [0.717, 1.165) is 18.6 Å². The van der Waals surface area contributed by atoms with Gasteiger partial charge in [0.05, 0.1) is 6.10 Å². The van der Waals surface area contributed by atoms with E-state index in [9.17, 15) is 0 Å². The van der Waals surface area contributed by atoms with Gasteiger partial charge in [0.15, 0.2) is 0 Å². The predicted molar refractivity (Wildman–Crippen MR) is 85.0 cm³/mol. The molecule has 19 heavy (non-hydrogen) atoms. The molecule has 2 atom stereocenters. The Morgan fingerprint density at radius 3 is 2.68 bits per heavy atom. The first kappa shape index (κ1) is 15.7. The molecule has 1 aliphatic heterocycles. The Morgan fingerprint density at radius 2 is 2.00 bits per heavy atom. The van der Waals surface area contributed by atoms with Crippen LogP contribution in [0.15, 0.2) is 0 Å². The van der Waals surface area contributed by atoms with Gasteiger partial charge in [-0.15, -0.1) is 0 Å². The summed E-state index contributed by atoms with van der Waals surface area (Å²) in [5.41, 5.74) is 0. The minimum Gasteiger partial charge on any atom is -0.377 e. The van der Waals surface area contributed by atoms with Crippen molar-refractivity contribution < 1.29 is 4.74 Å². The van der Waals surface area contributed by atoms with Crippen LogP contribution in [0.4, 0.5) is 0 Å². The molecule has 0 amide bonds.